The molecule has 20 heavy (non-hydrogen) atoms. The van der Waals surface area contributed by atoms with Crippen LogP contribution in [-0.4, -0.2) is 68.1 Å². The molecular weight excluding hydrogens is 272 g/mol. The predicted molar refractivity (Wildman–Crippen MR) is 67.5 cm³/mol. The predicted octanol–water partition coefficient (Wildman–Crippen LogP) is 0.348. The molecule has 0 atom stereocenters. The highest BCUT2D eigenvalue weighted by Gasteiger charge is 2.03. The maximum absolute atomic E-state index is 10.2. The minimum Gasteiger partial charge on any atom is -0.481 e. The van der Waals surface area contributed by atoms with E-state index in [1.54, 1.807) is 6.92 Å². The zero-order valence-corrected chi connectivity index (χ0v) is 11.6. The van der Waals surface area contributed by atoms with Crippen molar-refractivity contribution in [1.82, 2.24) is 0 Å². The van der Waals surface area contributed by atoms with E-state index in [4.69, 9.17) is 29.2 Å². The number of ether oxygens (including phenoxy) is 4. The van der Waals surface area contributed by atoms with Crippen molar-refractivity contribution in [1.29, 1.82) is 0 Å². The van der Waals surface area contributed by atoms with Crippen LogP contribution in [0.3, 0.4) is 0 Å². The molecule has 118 valence electrons. The second-order valence-electron chi connectivity index (χ2n) is 3.82. The van der Waals surface area contributed by atoms with Gasteiger partial charge in [-0.3, -0.25) is 9.59 Å². The molecule has 0 fully saturated rings. The molecule has 0 unspecified atom stereocenters. The molecule has 0 amide bonds. The lowest BCUT2D eigenvalue weighted by atomic mass is 10.5. The molecule has 0 spiro atoms. The number of carboxylic acid groups (broad SMARTS) is 2. The van der Waals surface area contributed by atoms with Gasteiger partial charge in [0, 0.05) is 0 Å². The third kappa shape index (κ3) is 14.8. The second-order valence-corrected chi connectivity index (χ2v) is 3.82. The van der Waals surface area contributed by atoms with Crippen molar-refractivity contribution < 1.29 is 38.7 Å². The van der Waals surface area contributed by atoms with Gasteiger partial charge in [0.1, 0.15) is 0 Å². The van der Waals surface area contributed by atoms with Crippen LogP contribution in [-0.2, 0) is 28.5 Å². The van der Waals surface area contributed by atoms with E-state index in [1.807, 2.05) is 0 Å². The summed E-state index contributed by atoms with van der Waals surface area (Å²) in [5.74, 6) is -1.80. The molecule has 0 radical (unpaired) electrons. The Kier molecular flexibility index (Phi) is 12.0. The van der Waals surface area contributed by atoms with E-state index in [2.05, 4.69) is 0 Å². The first-order valence-electron chi connectivity index (χ1n) is 6.34. The smallest absolute Gasteiger partial charge is 0.305 e. The highest BCUT2D eigenvalue weighted by Crippen LogP contribution is 1.94. The van der Waals surface area contributed by atoms with Gasteiger partial charge in [0.25, 0.3) is 0 Å². The highest BCUT2D eigenvalue weighted by molar-refractivity contribution is 5.66. The standard InChI is InChI=1S/C12H22O8/c1-10(19-8-6-17-4-2-11(13)14)20-9-7-18-5-3-12(15)16/h10H,2-9H2,1H3,(H,13,14)(H,15,16). The van der Waals surface area contributed by atoms with E-state index in [0.29, 0.717) is 26.4 Å². The molecule has 0 rings (SSSR count). The molecular formula is C12H22O8. The average Bonchev–Trinajstić information content (AvgIpc) is 2.37. The molecule has 0 aromatic rings. The Bertz CT molecular complexity index is 242. The second kappa shape index (κ2) is 12.8. The molecule has 0 saturated heterocycles. The van der Waals surface area contributed by atoms with Crippen molar-refractivity contribution >= 4 is 11.9 Å². The number of aliphatic carboxylic acids is 2. The fourth-order valence-corrected chi connectivity index (χ4v) is 1.12. The number of carboxylic acids is 2. The fourth-order valence-electron chi connectivity index (χ4n) is 1.12. The Morgan fingerprint density at radius 2 is 1.20 bits per heavy atom. The maximum Gasteiger partial charge on any atom is 0.305 e. The molecule has 0 bridgehead atoms. The minimum absolute atomic E-state index is 0.0280. The Hall–Kier alpha value is -1.22. The van der Waals surface area contributed by atoms with Crippen LogP contribution in [0.4, 0.5) is 0 Å². The molecule has 0 aliphatic rings. The summed E-state index contributed by atoms with van der Waals surface area (Å²) >= 11 is 0. The maximum atomic E-state index is 10.2. The van der Waals surface area contributed by atoms with Gasteiger partial charge in [0.2, 0.25) is 0 Å². The van der Waals surface area contributed by atoms with E-state index in [-0.39, 0.29) is 26.1 Å². The zero-order chi connectivity index (χ0) is 15.2. The van der Waals surface area contributed by atoms with E-state index in [0.717, 1.165) is 0 Å². The largest absolute Gasteiger partial charge is 0.481 e. The number of hydrogen-bond donors (Lipinski definition) is 2. The lowest BCUT2D eigenvalue weighted by Gasteiger charge is -2.14. The molecule has 0 saturated carbocycles. The zero-order valence-electron chi connectivity index (χ0n) is 11.6. The lowest BCUT2D eigenvalue weighted by molar-refractivity contribution is -0.150. The number of hydrogen-bond acceptors (Lipinski definition) is 6. The van der Waals surface area contributed by atoms with Crippen LogP contribution in [0.15, 0.2) is 0 Å². The van der Waals surface area contributed by atoms with Crippen LogP contribution >= 0.6 is 0 Å². The normalized spacial score (nSPS) is 10.9. The summed E-state index contributed by atoms with van der Waals surface area (Å²) in [5, 5.41) is 16.7. The summed E-state index contributed by atoms with van der Waals surface area (Å²) in [7, 11) is 0. The molecule has 8 nitrogen and oxygen atoms in total. The van der Waals surface area contributed by atoms with Crippen LogP contribution < -0.4 is 0 Å². The van der Waals surface area contributed by atoms with Crippen molar-refractivity contribution in [3.05, 3.63) is 0 Å². The molecule has 0 heterocycles. The number of rotatable bonds is 14. The van der Waals surface area contributed by atoms with E-state index in [9.17, 15) is 9.59 Å². The lowest BCUT2D eigenvalue weighted by Crippen LogP contribution is -2.19. The fraction of sp³-hybridized carbons (Fsp3) is 0.833. The Morgan fingerprint density at radius 3 is 1.55 bits per heavy atom. The van der Waals surface area contributed by atoms with Crippen molar-refractivity contribution in [2.24, 2.45) is 0 Å². The molecule has 0 aliphatic carbocycles. The quantitative estimate of drug-likeness (QED) is 0.348. The summed E-state index contributed by atoms with van der Waals surface area (Å²) in [5.41, 5.74) is 0. The Balaban J connectivity index is 3.22. The van der Waals surface area contributed by atoms with Crippen LogP contribution in [0.2, 0.25) is 0 Å². The SMILES string of the molecule is CC(OCCOCCC(=O)O)OCCOCCC(=O)O. The van der Waals surface area contributed by atoms with Crippen LogP contribution in [0, 0.1) is 0 Å². The van der Waals surface area contributed by atoms with E-state index >= 15 is 0 Å². The van der Waals surface area contributed by atoms with Crippen molar-refractivity contribution in [3.8, 4) is 0 Å². The van der Waals surface area contributed by atoms with Gasteiger partial charge in [-0.2, -0.15) is 0 Å². The van der Waals surface area contributed by atoms with E-state index < -0.39 is 18.2 Å². The topological polar surface area (TPSA) is 112 Å². The number of carbonyl (C=O) groups is 2. The van der Waals surface area contributed by atoms with Crippen LogP contribution in [0.25, 0.3) is 0 Å². The van der Waals surface area contributed by atoms with Crippen molar-refractivity contribution in [2.45, 2.75) is 26.1 Å². The highest BCUT2D eigenvalue weighted by atomic mass is 16.7. The molecule has 0 aromatic carbocycles. The third-order valence-corrected chi connectivity index (χ3v) is 2.08. The van der Waals surface area contributed by atoms with Gasteiger partial charge in [0.15, 0.2) is 6.29 Å². The Labute approximate surface area is 117 Å². The Morgan fingerprint density at radius 1 is 0.800 bits per heavy atom. The van der Waals surface area contributed by atoms with Gasteiger partial charge < -0.3 is 29.2 Å². The first-order chi connectivity index (χ1) is 9.52. The van der Waals surface area contributed by atoms with Gasteiger partial charge in [0.05, 0.1) is 52.5 Å². The van der Waals surface area contributed by atoms with Crippen LogP contribution in [0.1, 0.15) is 19.8 Å². The molecule has 8 heteroatoms. The summed E-state index contributed by atoms with van der Waals surface area (Å²) < 4.78 is 20.6. The molecule has 0 aliphatic heterocycles. The summed E-state index contributed by atoms with van der Waals surface area (Å²) in [6.45, 7) is 3.25. The van der Waals surface area contributed by atoms with Gasteiger partial charge in [-0.25, -0.2) is 0 Å². The summed E-state index contributed by atoms with van der Waals surface area (Å²) in [6.07, 6.45) is -0.486. The molecule has 2 N–H and O–H groups in total. The van der Waals surface area contributed by atoms with Gasteiger partial charge >= 0.3 is 11.9 Å². The van der Waals surface area contributed by atoms with E-state index in [1.165, 1.54) is 0 Å². The summed E-state index contributed by atoms with van der Waals surface area (Å²) in [4.78, 5) is 20.4. The summed E-state index contributed by atoms with van der Waals surface area (Å²) in [6, 6.07) is 0. The van der Waals surface area contributed by atoms with Gasteiger partial charge in [-0.1, -0.05) is 0 Å². The average molecular weight is 294 g/mol. The monoisotopic (exact) mass is 294 g/mol. The van der Waals surface area contributed by atoms with Gasteiger partial charge in [-0.05, 0) is 6.92 Å². The van der Waals surface area contributed by atoms with Crippen LogP contribution in [0.5, 0.6) is 0 Å². The van der Waals surface area contributed by atoms with Gasteiger partial charge in [-0.15, -0.1) is 0 Å². The third-order valence-electron chi connectivity index (χ3n) is 2.08. The van der Waals surface area contributed by atoms with Crippen molar-refractivity contribution in [3.63, 3.8) is 0 Å². The van der Waals surface area contributed by atoms with Crippen molar-refractivity contribution in [2.75, 3.05) is 39.6 Å². The first-order valence-corrected chi connectivity index (χ1v) is 6.34. The molecule has 0 aromatic heterocycles. The first kappa shape index (κ1) is 18.8. The minimum atomic E-state index is -0.898.